The molecule has 1 aliphatic rings. The summed E-state index contributed by atoms with van der Waals surface area (Å²) in [5.74, 6) is -1.40. The van der Waals surface area contributed by atoms with Gasteiger partial charge in [-0.2, -0.15) is 0 Å². The van der Waals surface area contributed by atoms with Crippen molar-refractivity contribution in [3.8, 4) is 0 Å². The van der Waals surface area contributed by atoms with E-state index in [1.165, 1.54) is 0 Å². The third-order valence-corrected chi connectivity index (χ3v) is 1.28. The molecular weight excluding hydrogens is 146 g/mol. The van der Waals surface area contributed by atoms with E-state index in [-0.39, 0.29) is 29.0 Å². The van der Waals surface area contributed by atoms with Crippen molar-refractivity contribution < 1.29 is 14.7 Å². The van der Waals surface area contributed by atoms with Crippen LogP contribution in [0.3, 0.4) is 0 Å². The van der Waals surface area contributed by atoms with Gasteiger partial charge in [-0.15, -0.1) is 0 Å². The van der Waals surface area contributed by atoms with Crippen LogP contribution in [0.15, 0.2) is 0 Å². The second-order valence-electron chi connectivity index (χ2n) is 1.98. The van der Waals surface area contributed by atoms with Crippen molar-refractivity contribution in [3.05, 3.63) is 0 Å². The molecule has 0 bridgehead atoms. The van der Waals surface area contributed by atoms with Crippen molar-refractivity contribution >= 4 is 34.9 Å². The fourth-order valence-electron chi connectivity index (χ4n) is 0.791. The SMILES string of the molecule is O=C1CCC(C(=O)[O-])N1.[Mg+2]. The number of hydrogen-bond donors (Lipinski definition) is 1. The van der Waals surface area contributed by atoms with Gasteiger partial charge in [-0.1, -0.05) is 0 Å². The van der Waals surface area contributed by atoms with Crippen LogP contribution in [0, 0.1) is 0 Å². The molecular formula is C5H6MgNO3+. The van der Waals surface area contributed by atoms with Crippen LogP contribution < -0.4 is 10.4 Å². The Kier molecular flexibility index (Phi) is 3.66. The molecule has 1 atom stereocenters. The zero-order valence-corrected chi connectivity index (χ0v) is 6.84. The van der Waals surface area contributed by atoms with Crippen molar-refractivity contribution in [1.29, 1.82) is 0 Å². The molecule has 1 saturated heterocycles. The molecule has 1 aliphatic heterocycles. The van der Waals surface area contributed by atoms with E-state index in [1.807, 2.05) is 0 Å². The molecule has 1 N–H and O–H groups in total. The van der Waals surface area contributed by atoms with Gasteiger partial charge in [0.1, 0.15) is 0 Å². The second-order valence-corrected chi connectivity index (χ2v) is 1.98. The zero-order valence-electron chi connectivity index (χ0n) is 5.42. The van der Waals surface area contributed by atoms with Crippen molar-refractivity contribution in [3.63, 3.8) is 0 Å². The van der Waals surface area contributed by atoms with E-state index in [2.05, 4.69) is 5.32 Å². The van der Waals surface area contributed by atoms with Crippen LogP contribution >= 0.6 is 0 Å². The summed E-state index contributed by atoms with van der Waals surface area (Å²) in [5, 5.41) is 12.3. The summed E-state index contributed by atoms with van der Waals surface area (Å²) in [4.78, 5) is 20.4. The summed E-state index contributed by atoms with van der Waals surface area (Å²) < 4.78 is 0. The molecule has 50 valence electrons. The molecule has 0 aromatic rings. The Balaban J connectivity index is 0.000000810. The van der Waals surface area contributed by atoms with Crippen molar-refractivity contribution in [2.24, 2.45) is 0 Å². The molecule has 1 rings (SSSR count). The first-order valence-electron chi connectivity index (χ1n) is 2.70. The van der Waals surface area contributed by atoms with Crippen molar-refractivity contribution in [2.75, 3.05) is 0 Å². The minimum atomic E-state index is -1.19. The third-order valence-electron chi connectivity index (χ3n) is 1.28. The Hall–Kier alpha value is -0.294. The van der Waals surface area contributed by atoms with Gasteiger partial charge < -0.3 is 15.2 Å². The molecule has 1 fully saturated rings. The van der Waals surface area contributed by atoms with Crippen LogP contribution in [-0.4, -0.2) is 41.0 Å². The van der Waals surface area contributed by atoms with E-state index in [0.29, 0.717) is 12.8 Å². The first kappa shape index (κ1) is 9.71. The van der Waals surface area contributed by atoms with Crippen molar-refractivity contribution in [1.82, 2.24) is 5.32 Å². The number of amides is 1. The van der Waals surface area contributed by atoms with Crippen LogP contribution in [0.1, 0.15) is 12.8 Å². The van der Waals surface area contributed by atoms with Gasteiger partial charge in [-0.05, 0) is 6.42 Å². The maximum absolute atomic E-state index is 10.4. The smallest absolute Gasteiger partial charge is 0.548 e. The molecule has 1 heterocycles. The Morgan fingerprint density at radius 1 is 1.70 bits per heavy atom. The molecule has 0 radical (unpaired) electrons. The van der Waals surface area contributed by atoms with Crippen molar-refractivity contribution in [2.45, 2.75) is 18.9 Å². The second kappa shape index (κ2) is 3.77. The minimum Gasteiger partial charge on any atom is -0.548 e. The number of hydrogen-bond acceptors (Lipinski definition) is 3. The van der Waals surface area contributed by atoms with Crippen LogP contribution in [-0.2, 0) is 9.59 Å². The average Bonchev–Trinajstić information content (AvgIpc) is 2.14. The normalized spacial score (nSPS) is 23.2. The Morgan fingerprint density at radius 3 is 2.50 bits per heavy atom. The van der Waals surface area contributed by atoms with E-state index in [1.54, 1.807) is 0 Å². The largest absolute Gasteiger partial charge is 2.00 e. The predicted molar refractivity (Wildman–Crippen MR) is 31.9 cm³/mol. The minimum absolute atomic E-state index is 0. The van der Waals surface area contributed by atoms with Gasteiger partial charge in [0, 0.05) is 6.42 Å². The molecule has 0 saturated carbocycles. The first-order chi connectivity index (χ1) is 4.20. The number of carboxylic acid groups (broad SMARTS) is 1. The van der Waals surface area contributed by atoms with Gasteiger partial charge in [0.25, 0.3) is 0 Å². The quantitative estimate of drug-likeness (QED) is 0.427. The molecule has 1 unspecified atom stereocenters. The maximum atomic E-state index is 10.4. The van der Waals surface area contributed by atoms with Crippen LogP contribution in [0.5, 0.6) is 0 Å². The number of aliphatic carboxylic acids is 1. The van der Waals surface area contributed by atoms with Gasteiger partial charge in [-0.3, -0.25) is 4.79 Å². The van der Waals surface area contributed by atoms with Gasteiger partial charge in [0.15, 0.2) is 0 Å². The van der Waals surface area contributed by atoms with Crippen LogP contribution in [0.25, 0.3) is 0 Å². The van der Waals surface area contributed by atoms with Gasteiger partial charge in [0.2, 0.25) is 5.91 Å². The van der Waals surface area contributed by atoms with Crippen LogP contribution in [0.4, 0.5) is 0 Å². The summed E-state index contributed by atoms with van der Waals surface area (Å²) >= 11 is 0. The molecule has 0 aromatic heterocycles. The maximum Gasteiger partial charge on any atom is 2.00 e. The monoisotopic (exact) mass is 152 g/mol. The van der Waals surface area contributed by atoms with Crippen LogP contribution in [0.2, 0.25) is 0 Å². The average molecular weight is 152 g/mol. The standard InChI is InChI=1S/C5H7NO3.Mg/c7-4-2-1-3(6-4)5(8)9;/h3H,1-2H2,(H,6,7)(H,8,9);/q;+2/p-1. The molecule has 1 amide bonds. The number of carboxylic acids is 1. The summed E-state index contributed by atoms with van der Waals surface area (Å²) in [6.45, 7) is 0. The van der Waals surface area contributed by atoms with E-state index < -0.39 is 12.0 Å². The fourth-order valence-corrected chi connectivity index (χ4v) is 0.791. The van der Waals surface area contributed by atoms with E-state index in [4.69, 9.17) is 0 Å². The molecule has 0 spiro atoms. The molecule has 0 aliphatic carbocycles. The number of nitrogens with one attached hydrogen (secondary N) is 1. The van der Waals surface area contributed by atoms with E-state index in [0.717, 1.165) is 0 Å². The Morgan fingerprint density at radius 2 is 2.30 bits per heavy atom. The van der Waals surface area contributed by atoms with Gasteiger partial charge in [0.05, 0.1) is 12.0 Å². The van der Waals surface area contributed by atoms with E-state index in [9.17, 15) is 14.7 Å². The summed E-state index contributed by atoms with van der Waals surface area (Å²) in [6, 6.07) is -0.752. The summed E-state index contributed by atoms with van der Waals surface area (Å²) in [5.41, 5.74) is 0. The Bertz CT molecular complexity index is 159. The molecule has 10 heavy (non-hydrogen) atoms. The summed E-state index contributed by atoms with van der Waals surface area (Å²) in [7, 11) is 0. The topological polar surface area (TPSA) is 69.2 Å². The third kappa shape index (κ3) is 2.15. The number of rotatable bonds is 1. The summed E-state index contributed by atoms with van der Waals surface area (Å²) in [6.07, 6.45) is 0.666. The molecule has 5 heteroatoms. The Labute approximate surface area is 74.1 Å². The fraction of sp³-hybridized carbons (Fsp3) is 0.600. The number of carbonyl (C=O) groups excluding carboxylic acids is 2. The molecule has 4 nitrogen and oxygen atoms in total. The van der Waals surface area contributed by atoms with E-state index >= 15 is 0 Å². The predicted octanol–water partition coefficient (Wildman–Crippen LogP) is -2.37. The first-order valence-corrected chi connectivity index (χ1v) is 2.70. The van der Waals surface area contributed by atoms with Gasteiger partial charge in [-0.25, -0.2) is 0 Å². The molecule has 0 aromatic carbocycles. The zero-order chi connectivity index (χ0) is 6.85. The van der Waals surface area contributed by atoms with Gasteiger partial charge >= 0.3 is 23.1 Å². The number of carbonyl (C=O) groups is 2.